The van der Waals surface area contributed by atoms with Gasteiger partial charge in [-0.15, -0.1) is 0 Å². The molecular formula is C21H25F3N2O. The first-order chi connectivity index (χ1) is 12.8. The normalized spacial score (nSPS) is 15.3. The van der Waals surface area contributed by atoms with Crippen LogP contribution in [0.4, 0.5) is 13.2 Å². The van der Waals surface area contributed by atoms with E-state index >= 15 is 0 Å². The third kappa shape index (κ3) is 7.05. The van der Waals surface area contributed by atoms with Gasteiger partial charge in [0, 0.05) is 0 Å². The van der Waals surface area contributed by atoms with Crippen molar-refractivity contribution in [3.8, 4) is 6.07 Å². The number of piperidine rings is 1. The van der Waals surface area contributed by atoms with Crippen molar-refractivity contribution in [1.29, 1.82) is 5.26 Å². The molecule has 0 unspecified atom stereocenters. The molecule has 0 aromatic heterocycles. The second kappa shape index (κ2) is 10.7. The highest BCUT2D eigenvalue weighted by Gasteiger charge is 2.33. The Labute approximate surface area is 158 Å². The summed E-state index contributed by atoms with van der Waals surface area (Å²) in [6.45, 7) is 5.36. The molecule has 3 nitrogen and oxygen atoms in total. The topological polar surface area (TPSA) is 56.0 Å². The van der Waals surface area contributed by atoms with Crippen LogP contribution in [-0.2, 0) is 11.8 Å². The summed E-state index contributed by atoms with van der Waals surface area (Å²) in [6, 6.07) is 15.9. The fourth-order valence-electron chi connectivity index (χ4n) is 2.61. The van der Waals surface area contributed by atoms with E-state index in [0.717, 1.165) is 12.1 Å². The lowest BCUT2D eigenvalue weighted by Gasteiger charge is -2.33. The van der Waals surface area contributed by atoms with Gasteiger partial charge in [0.1, 0.15) is 0 Å². The van der Waals surface area contributed by atoms with Crippen molar-refractivity contribution in [2.75, 3.05) is 13.1 Å². The number of rotatable bonds is 1. The number of nitriles is 1. The first-order valence-corrected chi connectivity index (χ1v) is 8.91. The maximum atomic E-state index is 12.4. The summed E-state index contributed by atoms with van der Waals surface area (Å²) in [5.74, 6) is 0. The number of benzene rings is 2. The van der Waals surface area contributed by atoms with E-state index in [1.165, 1.54) is 12.1 Å². The molecule has 6 heteroatoms. The molecule has 27 heavy (non-hydrogen) atoms. The van der Waals surface area contributed by atoms with Crippen molar-refractivity contribution in [3.05, 3.63) is 71.3 Å². The minimum atomic E-state index is -4.32. The molecule has 0 atom stereocenters. The largest absolute Gasteiger partial charge is 0.416 e. The van der Waals surface area contributed by atoms with Crippen LogP contribution in [0.1, 0.15) is 43.4 Å². The lowest BCUT2D eigenvalue weighted by atomic mass is 9.85. The summed E-state index contributed by atoms with van der Waals surface area (Å²) in [5.41, 5.74) is -0.395. The van der Waals surface area contributed by atoms with Gasteiger partial charge in [-0.3, -0.25) is 0 Å². The van der Waals surface area contributed by atoms with Crippen LogP contribution in [0, 0.1) is 11.3 Å². The zero-order valence-corrected chi connectivity index (χ0v) is 15.6. The molecule has 0 radical (unpaired) electrons. The third-order valence-electron chi connectivity index (χ3n) is 4.08. The van der Waals surface area contributed by atoms with Gasteiger partial charge in [0.2, 0.25) is 0 Å². The molecule has 1 fully saturated rings. The Morgan fingerprint density at radius 1 is 0.963 bits per heavy atom. The van der Waals surface area contributed by atoms with Crippen molar-refractivity contribution < 1.29 is 18.3 Å². The second-order valence-corrected chi connectivity index (χ2v) is 5.83. The zero-order valence-electron chi connectivity index (χ0n) is 15.6. The number of nitrogens with zero attached hydrogens (tertiary/aromatic N) is 1. The van der Waals surface area contributed by atoms with E-state index in [9.17, 15) is 18.3 Å². The molecule has 1 aliphatic heterocycles. The van der Waals surface area contributed by atoms with Gasteiger partial charge in [0.05, 0.1) is 22.8 Å². The van der Waals surface area contributed by atoms with Crippen LogP contribution in [0.15, 0.2) is 54.6 Å². The molecule has 0 saturated carbocycles. The van der Waals surface area contributed by atoms with Crippen molar-refractivity contribution in [2.24, 2.45) is 0 Å². The minimum Gasteiger partial charge on any atom is -0.385 e. The average Bonchev–Trinajstić information content (AvgIpc) is 2.71. The number of aliphatic hydroxyl groups is 1. The van der Waals surface area contributed by atoms with Crippen LogP contribution >= 0.6 is 0 Å². The van der Waals surface area contributed by atoms with Gasteiger partial charge < -0.3 is 10.4 Å². The number of halogens is 3. The molecule has 1 saturated heterocycles. The molecule has 1 aliphatic rings. The number of hydrogen-bond acceptors (Lipinski definition) is 3. The Balaban J connectivity index is 0.000000305. The average molecular weight is 378 g/mol. The van der Waals surface area contributed by atoms with E-state index in [-0.39, 0.29) is 0 Å². The Kier molecular flexibility index (Phi) is 8.99. The Morgan fingerprint density at radius 2 is 1.48 bits per heavy atom. The molecule has 2 aromatic rings. The first kappa shape index (κ1) is 22.7. The molecule has 146 valence electrons. The summed E-state index contributed by atoms with van der Waals surface area (Å²) in [6.07, 6.45) is -3.27. The van der Waals surface area contributed by atoms with E-state index in [1.807, 2.05) is 38.1 Å². The maximum absolute atomic E-state index is 12.4. The highest BCUT2D eigenvalue weighted by atomic mass is 19.4. The Hall–Kier alpha value is -2.36. The van der Waals surface area contributed by atoms with Gasteiger partial charge in [-0.2, -0.15) is 18.4 Å². The third-order valence-corrected chi connectivity index (χ3v) is 4.08. The monoisotopic (exact) mass is 378 g/mol. The van der Waals surface area contributed by atoms with Crippen molar-refractivity contribution in [1.82, 2.24) is 5.32 Å². The highest BCUT2D eigenvalue weighted by molar-refractivity contribution is 5.29. The van der Waals surface area contributed by atoms with E-state index in [1.54, 1.807) is 12.1 Å². The summed E-state index contributed by atoms with van der Waals surface area (Å²) >= 11 is 0. The fraction of sp³-hybridized carbons (Fsp3) is 0.381. The van der Waals surface area contributed by atoms with Crippen LogP contribution in [0.5, 0.6) is 0 Å². The van der Waals surface area contributed by atoms with Gasteiger partial charge in [-0.1, -0.05) is 44.2 Å². The van der Waals surface area contributed by atoms with Crippen molar-refractivity contribution in [3.63, 3.8) is 0 Å². The predicted octanol–water partition coefficient (Wildman–Crippen LogP) is 4.86. The molecule has 0 aliphatic carbocycles. The molecule has 3 rings (SSSR count). The molecule has 0 spiro atoms. The zero-order chi connectivity index (χ0) is 20.3. The van der Waals surface area contributed by atoms with Gasteiger partial charge in [-0.05, 0) is 55.8 Å². The smallest absolute Gasteiger partial charge is 0.385 e. The lowest BCUT2D eigenvalue weighted by Crippen LogP contribution is -2.39. The molecule has 0 amide bonds. The SMILES string of the molecule is CC.N#Cc1ccccc1.OC1(c2ccc(C(F)(F)F)cc2)CCNCC1. The number of hydrogen-bond donors (Lipinski definition) is 2. The quantitative estimate of drug-likeness (QED) is 0.745. The predicted molar refractivity (Wildman–Crippen MR) is 99.9 cm³/mol. The Bertz CT molecular complexity index is 701. The van der Waals surface area contributed by atoms with Gasteiger partial charge >= 0.3 is 6.18 Å². The van der Waals surface area contributed by atoms with Gasteiger partial charge in [-0.25, -0.2) is 0 Å². The maximum Gasteiger partial charge on any atom is 0.416 e. The standard InChI is InChI=1S/C12H14F3NO.C7H5N.C2H6/c13-12(14,15)10-3-1-9(2-4-10)11(17)5-7-16-8-6-11;8-6-7-4-2-1-3-5-7;1-2/h1-4,16-17H,5-8H2;1-5H;1-2H3. The van der Waals surface area contributed by atoms with Crippen LogP contribution < -0.4 is 5.32 Å². The molecule has 2 aromatic carbocycles. The van der Waals surface area contributed by atoms with E-state index in [0.29, 0.717) is 37.1 Å². The Morgan fingerprint density at radius 3 is 1.89 bits per heavy atom. The minimum absolute atomic E-state index is 0.526. The van der Waals surface area contributed by atoms with Crippen LogP contribution in [0.25, 0.3) is 0 Å². The first-order valence-electron chi connectivity index (χ1n) is 8.91. The molecule has 0 bridgehead atoms. The fourth-order valence-corrected chi connectivity index (χ4v) is 2.61. The van der Waals surface area contributed by atoms with Crippen LogP contribution in [0.3, 0.4) is 0 Å². The summed E-state index contributed by atoms with van der Waals surface area (Å²) in [5, 5.41) is 21.7. The molecular weight excluding hydrogens is 353 g/mol. The summed E-state index contributed by atoms with van der Waals surface area (Å²) in [4.78, 5) is 0. The molecule has 1 heterocycles. The van der Waals surface area contributed by atoms with Gasteiger partial charge in [0.15, 0.2) is 0 Å². The summed E-state index contributed by atoms with van der Waals surface area (Å²) in [7, 11) is 0. The van der Waals surface area contributed by atoms with Crippen molar-refractivity contribution in [2.45, 2.75) is 38.5 Å². The number of nitrogens with one attached hydrogen (secondary N) is 1. The van der Waals surface area contributed by atoms with Crippen LogP contribution in [0.2, 0.25) is 0 Å². The highest BCUT2D eigenvalue weighted by Crippen LogP contribution is 2.34. The summed E-state index contributed by atoms with van der Waals surface area (Å²) < 4.78 is 37.2. The molecule has 2 N–H and O–H groups in total. The van der Waals surface area contributed by atoms with Crippen LogP contribution in [-0.4, -0.2) is 18.2 Å². The number of alkyl halides is 3. The lowest BCUT2D eigenvalue weighted by molar-refractivity contribution is -0.137. The van der Waals surface area contributed by atoms with E-state index in [4.69, 9.17) is 5.26 Å². The van der Waals surface area contributed by atoms with Crippen molar-refractivity contribution >= 4 is 0 Å². The van der Waals surface area contributed by atoms with E-state index < -0.39 is 17.3 Å². The second-order valence-electron chi connectivity index (χ2n) is 5.83. The van der Waals surface area contributed by atoms with E-state index in [2.05, 4.69) is 5.32 Å². The van der Waals surface area contributed by atoms with Gasteiger partial charge in [0.25, 0.3) is 0 Å².